The fourth-order valence-electron chi connectivity index (χ4n) is 1.47. The second kappa shape index (κ2) is 7.07. The molecular formula is C12H16F3N3O3S. The smallest absolute Gasteiger partial charge is 0.351 e. The number of nitrogens with one attached hydrogen (secondary N) is 2. The maximum absolute atomic E-state index is 12.6. The van der Waals surface area contributed by atoms with Crippen LogP contribution in [0.25, 0.3) is 0 Å². The van der Waals surface area contributed by atoms with Gasteiger partial charge in [0.2, 0.25) is 15.9 Å². The summed E-state index contributed by atoms with van der Waals surface area (Å²) in [6.07, 6.45) is -4.65. The number of alkyl halides is 3. The van der Waals surface area contributed by atoms with Crippen LogP contribution in [0.3, 0.4) is 0 Å². The number of benzene rings is 1. The monoisotopic (exact) mass is 339 g/mol. The van der Waals surface area contributed by atoms with E-state index < -0.39 is 39.1 Å². The highest BCUT2D eigenvalue weighted by Gasteiger charge is 2.31. The summed E-state index contributed by atoms with van der Waals surface area (Å²) in [6, 6.07) is 2.91. The molecule has 0 heterocycles. The standard InChI is InChI=1S/C12H16F3N3O3S/c1-8(6-16)18-11(19)7-17-22(20,21)10-4-2-3-9(5-10)12(13,14)15/h2-5,8,17H,6-7,16H2,1H3,(H,18,19)/t8-/m0/s1. The van der Waals surface area contributed by atoms with Crippen molar-refractivity contribution in [1.29, 1.82) is 0 Å². The second-order valence-electron chi connectivity index (χ2n) is 4.55. The molecule has 0 saturated heterocycles. The Morgan fingerprint density at radius 2 is 2.00 bits per heavy atom. The molecule has 124 valence electrons. The predicted molar refractivity (Wildman–Crippen MR) is 73.3 cm³/mol. The molecule has 1 atom stereocenters. The fraction of sp³-hybridized carbons (Fsp3) is 0.417. The molecule has 0 bridgehead atoms. The van der Waals surface area contributed by atoms with Gasteiger partial charge in [0.25, 0.3) is 0 Å². The summed E-state index contributed by atoms with van der Waals surface area (Å²) in [7, 11) is -4.22. The summed E-state index contributed by atoms with van der Waals surface area (Å²) in [4.78, 5) is 10.9. The third kappa shape index (κ3) is 5.28. The Morgan fingerprint density at radius 1 is 1.36 bits per heavy atom. The first kappa shape index (κ1) is 18.4. The molecule has 0 unspecified atom stereocenters. The van der Waals surface area contributed by atoms with Crippen LogP contribution in [0.2, 0.25) is 0 Å². The van der Waals surface area contributed by atoms with Crippen molar-refractivity contribution in [3.63, 3.8) is 0 Å². The largest absolute Gasteiger partial charge is 0.416 e. The van der Waals surface area contributed by atoms with Crippen molar-refractivity contribution in [2.24, 2.45) is 5.73 Å². The lowest BCUT2D eigenvalue weighted by Crippen LogP contribution is -2.43. The zero-order valence-corrected chi connectivity index (χ0v) is 12.5. The maximum Gasteiger partial charge on any atom is 0.416 e. The van der Waals surface area contributed by atoms with Crippen molar-refractivity contribution < 1.29 is 26.4 Å². The first-order valence-electron chi connectivity index (χ1n) is 6.22. The van der Waals surface area contributed by atoms with E-state index in [0.29, 0.717) is 6.07 Å². The number of sulfonamides is 1. The van der Waals surface area contributed by atoms with Gasteiger partial charge in [-0.2, -0.15) is 13.2 Å². The van der Waals surface area contributed by atoms with Crippen molar-refractivity contribution in [3.8, 4) is 0 Å². The van der Waals surface area contributed by atoms with E-state index in [9.17, 15) is 26.4 Å². The molecule has 1 aromatic carbocycles. The number of carbonyl (C=O) groups excluding carboxylic acids is 1. The van der Waals surface area contributed by atoms with Crippen molar-refractivity contribution >= 4 is 15.9 Å². The number of hydrogen-bond acceptors (Lipinski definition) is 4. The van der Waals surface area contributed by atoms with Crippen molar-refractivity contribution in [1.82, 2.24) is 10.0 Å². The average Bonchev–Trinajstić information content (AvgIpc) is 2.44. The van der Waals surface area contributed by atoms with Crippen LogP contribution in [0, 0.1) is 0 Å². The molecule has 1 aromatic rings. The maximum atomic E-state index is 12.6. The van der Waals surface area contributed by atoms with Crippen LogP contribution >= 0.6 is 0 Å². The summed E-state index contributed by atoms with van der Waals surface area (Å²) in [6.45, 7) is 1.20. The lowest BCUT2D eigenvalue weighted by atomic mass is 10.2. The Balaban J connectivity index is 2.81. The molecule has 10 heteroatoms. The number of nitrogens with two attached hydrogens (primary N) is 1. The lowest BCUT2D eigenvalue weighted by Gasteiger charge is -2.13. The van der Waals surface area contributed by atoms with Gasteiger partial charge in [-0.25, -0.2) is 13.1 Å². The number of carbonyl (C=O) groups is 1. The number of halogens is 3. The molecule has 0 aliphatic heterocycles. The molecular weight excluding hydrogens is 323 g/mol. The van der Waals surface area contributed by atoms with Gasteiger partial charge in [-0.15, -0.1) is 0 Å². The molecule has 4 N–H and O–H groups in total. The fourth-order valence-corrected chi connectivity index (χ4v) is 2.50. The van der Waals surface area contributed by atoms with Gasteiger partial charge in [0.15, 0.2) is 0 Å². The third-order valence-corrected chi connectivity index (χ3v) is 4.05. The molecule has 6 nitrogen and oxygen atoms in total. The first-order valence-corrected chi connectivity index (χ1v) is 7.71. The second-order valence-corrected chi connectivity index (χ2v) is 6.32. The molecule has 0 aliphatic carbocycles. The summed E-state index contributed by atoms with van der Waals surface area (Å²) in [5.74, 6) is -0.631. The van der Waals surface area contributed by atoms with Crippen LogP contribution in [-0.4, -0.2) is 33.5 Å². The van der Waals surface area contributed by atoms with Crippen molar-refractivity contribution in [3.05, 3.63) is 29.8 Å². The molecule has 0 aromatic heterocycles. The highest BCUT2D eigenvalue weighted by molar-refractivity contribution is 7.89. The van der Waals surface area contributed by atoms with E-state index in [0.717, 1.165) is 18.2 Å². The van der Waals surface area contributed by atoms with E-state index >= 15 is 0 Å². The van der Waals surface area contributed by atoms with E-state index in [1.54, 1.807) is 6.92 Å². The van der Waals surface area contributed by atoms with Gasteiger partial charge in [-0.1, -0.05) is 6.07 Å². The average molecular weight is 339 g/mol. The summed E-state index contributed by atoms with van der Waals surface area (Å²) in [5.41, 5.74) is 4.20. The Labute approximate surface area is 125 Å². The highest BCUT2D eigenvalue weighted by atomic mass is 32.2. The Kier molecular flexibility index (Phi) is 5.92. The predicted octanol–water partition coefficient (Wildman–Crippen LogP) is 0.447. The molecule has 0 fully saturated rings. The topological polar surface area (TPSA) is 101 Å². The van der Waals surface area contributed by atoms with Gasteiger partial charge < -0.3 is 11.1 Å². The first-order chi connectivity index (χ1) is 10.1. The molecule has 22 heavy (non-hydrogen) atoms. The molecule has 0 spiro atoms. The van der Waals surface area contributed by atoms with Gasteiger partial charge in [0.05, 0.1) is 17.0 Å². The summed E-state index contributed by atoms with van der Waals surface area (Å²) >= 11 is 0. The van der Waals surface area contributed by atoms with Gasteiger partial charge in [-0.05, 0) is 25.1 Å². The molecule has 0 aliphatic rings. The quantitative estimate of drug-likeness (QED) is 0.700. The van der Waals surface area contributed by atoms with Gasteiger partial charge in [-0.3, -0.25) is 4.79 Å². The number of hydrogen-bond donors (Lipinski definition) is 3. The van der Waals surface area contributed by atoms with E-state index in [2.05, 4.69) is 5.32 Å². The van der Waals surface area contributed by atoms with Gasteiger partial charge >= 0.3 is 6.18 Å². The SMILES string of the molecule is C[C@@H](CN)NC(=O)CNS(=O)(=O)c1cccc(C(F)(F)F)c1. The number of rotatable bonds is 6. The van der Waals surface area contributed by atoms with E-state index in [1.807, 2.05) is 4.72 Å². The lowest BCUT2D eigenvalue weighted by molar-refractivity contribution is -0.137. The van der Waals surface area contributed by atoms with Gasteiger partial charge in [0.1, 0.15) is 0 Å². The van der Waals surface area contributed by atoms with Crippen LogP contribution in [0.5, 0.6) is 0 Å². The van der Waals surface area contributed by atoms with Crippen molar-refractivity contribution in [2.75, 3.05) is 13.1 Å². The number of amides is 1. The Hall–Kier alpha value is -1.65. The van der Waals surface area contributed by atoms with E-state index in [-0.39, 0.29) is 12.6 Å². The Bertz CT molecular complexity index is 632. The minimum absolute atomic E-state index is 0.173. The van der Waals surface area contributed by atoms with Gasteiger partial charge in [0, 0.05) is 12.6 Å². The third-order valence-electron chi connectivity index (χ3n) is 2.66. The summed E-state index contributed by atoms with van der Waals surface area (Å²) in [5, 5.41) is 2.42. The normalized spacial score (nSPS) is 13.7. The zero-order chi connectivity index (χ0) is 17.0. The van der Waals surface area contributed by atoms with Crippen molar-refractivity contribution in [2.45, 2.75) is 24.0 Å². The Morgan fingerprint density at radius 3 is 2.55 bits per heavy atom. The molecule has 1 rings (SSSR count). The van der Waals surface area contributed by atoms with E-state index in [4.69, 9.17) is 5.73 Å². The van der Waals surface area contributed by atoms with Crippen LogP contribution in [0.4, 0.5) is 13.2 Å². The molecule has 0 saturated carbocycles. The van der Waals surface area contributed by atoms with Crippen LogP contribution in [0.15, 0.2) is 29.2 Å². The minimum Gasteiger partial charge on any atom is -0.351 e. The van der Waals surface area contributed by atoms with E-state index in [1.165, 1.54) is 0 Å². The molecule has 0 radical (unpaired) electrons. The van der Waals surface area contributed by atoms with Crippen LogP contribution < -0.4 is 15.8 Å². The van der Waals surface area contributed by atoms with Crippen LogP contribution in [0.1, 0.15) is 12.5 Å². The highest BCUT2D eigenvalue weighted by Crippen LogP contribution is 2.30. The molecule has 1 amide bonds. The zero-order valence-electron chi connectivity index (χ0n) is 11.6. The minimum atomic E-state index is -4.65. The van der Waals surface area contributed by atoms with Crippen LogP contribution in [-0.2, 0) is 21.0 Å². The summed E-state index contributed by atoms with van der Waals surface area (Å²) < 4.78 is 63.4.